The van der Waals surface area contributed by atoms with Gasteiger partial charge in [-0.3, -0.25) is 14.9 Å². The minimum atomic E-state index is -0.860. The molecule has 0 aromatic carbocycles. The topological polar surface area (TPSA) is 87.7 Å². The molecule has 0 unspecified atom stereocenters. The van der Waals surface area contributed by atoms with Crippen LogP contribution in [0, 0.1) is 11.8 Å². The average molecular weight is 354 g/mol. The molecular weight excluding hydrogens is 320 g/mol. The van der Waals surface area contributed by atoms with Crippen molar-refractivity contribution < 1.29 is 19.4 Å². The van der Waals surface area contributed by atoms with Gasteiger partial charge in [0, 0.05) is 20.1 Å². The van der Waals surface area contributed by atoms with Crippen LogP contribution in [0.2, 0.25) is 0 Å². The smallest absolute Gasteiger partial charge is 0.320 e. The number of hydrogen-bond donors (Lipinski definition) is 3. The molecule has 1 heterocycles. The van der Waals surface area contributed by atoms with E-state index in [1.807, 2.05) is 6.92 Å². The van der Waals surface area contributed by atoms with Gasteiger partial charge in [0.25, 0.3) is 0 Å². The van der Waals surface area contributed by atoms with Crippen LogP contribution in [0.4, 0.5) is 0 Å². The normalized spacial score (nSPS) is 27.4. The second-order valence-corrected chi connectivity index (χ2v) is 7.56. The summed E-state index contributed by atoms with van der Waals surface area (Å²) in [5.74, 6) is -0.599. The first-order chi connectivity index (χ1) is 11.6. The van der Waals surface area contributed by atoms with Crippen molar-refractivity contribution in [3.8, 4) is 0 Å². The molecular formula is C19H34N2O4. The monoisotopic (exact) mass is 354 g/mol. The van der Waals surface area contributed by atoms with Crippen molar-refractivity contribution in [2.75, 3.05) is 7.11 Å². The predicted octanol–water partition coefficient (Wildman–Crippen LogP) is 2.34. The zero-order valence-corrected chi connectivity index (χ0v) is 16.3. The van der Waals surface area contributed by atoms with Crippen LogP contribution in [0.3, 0.4) is 0 Å². The number of carboxylic acids is 1. The molecule has 0 bridgehead atoms. The molecule has 1 rings (SSSR count). The number of hydrogen-bond acceptors (Lipinski definition) is 4. The lowest BCUT2D eigenvalue weighted by Crippen LogP contribution is -2.62. The van der Waals surface area contributed by atoms with Crippen LogP contribution < -0.4 is 10.6 Å². The molecule has 0 aromatic heterocycles. The number of amides is 1. The Morgan fingerprint density at radius 3 is 2.52 bits per heavy atom. The third kappa shape index (κ3) is 5.82. The Morgan fingerprint density at radius 1 is 1.44 bits per heavy atom. The van der Waals surface area contributed by atoms with Gasteiger partial charge in [-0.15, -0.1) is 0 Å². The van der Waals surface area contributed by atoms with Gasteiger partial charge in [0.2, 0.25) is 5.91 Å². The Morgan fingerprint density at radius 2 is 2.08 bits per heavy atom. The predicted molar refractivity (Wildman–Crippen MR) is 98.4 cm³/mol. The summed E-state index contributed by atoms with van der Waals surface area (Å²) in [4.78, 5) is 23.4. The first-order valence-electron chi connectivity index (χ1n) is 9.14. The Bertz CT molecular complexity index is 492. The third-order valence-electron chi connectivity index (χ3n) is 4.99. The summed E-state index contributed by atoms with van der Waals surface area (Å²) < 4.78 is 5.80. The highest BCUT2D eigenvalue weighted by Crippen LogP contribution is 2.32. The summed E-state index contributed by atoms with van der Waals surface area (Å²) in [6.07, 6.45) is 6.36. The lowest BCUT2D eigenvalue weighted by atomic mass is 9.81. The van der Waals surface area contributed by atoms with E-state index >= 15 is 0 Å². The van der Waals surface area contributed by atoms with Crippen LogP contribution in [0.5, 0.6) is 0 Å². The number of rotatable bonds is 9. The van der Waals surface area contributed by atoms with Gasteiger partial charge in [0.15, 0.2) is 0 Å². The number of carboxylic acid groups (broad SMARTS) is 1. The Balaban J connectivity index is 3.21. The van der Waals surface area contributed by atoms with Crippen LogP contribution in [-0.4, -0.2) is 47.8 Å². The summed E-state index contributed by atoms with van der Waals surface area (Å²) in [7, 11) is 1.65. The van der Waals surface area contributed by atoms with Crippen LogP contribution in [0.25, 0.3) is 0 Å². The lowest BCUT2D eigenvalue weighted by Gasteiger charge is -2.41. The summed E-state index contributed by atoms with van der Waals surface area (Å²) in [5.41, 5.74) is -0.574. The van der Waals surface area contributed by atoms with Crippen LogP contribution in [0.15, 0.2) is 12.2 Å². The number of allylic oxidation sites excluding steroid dienone is 1. The van der Waals surface area contributed by atoms with Crippen LogP contribution in [-0.2, 0) is 14.3 Å². The number of carbonyl (C=O) groups excluding carboxylic acids is 1. The highest BCUT2D eigenvalue weighted by Gasteiger charge is 2.47. The van der Waals surface area contributed by atoms with Gasteiger partial charge >= 0.3 is 5.97 Å². The van der Waals surface area contributed by atoms with Crippen LogP contribution in [0.1, 0.15) is 53.9 Å². The molecule has 1 saturated heterocycles. The van der Waals surface area contributed by atoms with Crippen LogP contribution >= 0.6 is 0 Å². The molecule has 0 radical (unpaired) electrons. The second kappa shape index (κ2) is 9.34. The number of aliphatic carboxylic acids is 1. The van der Waals surface area contributed by atoms with Crippen molar-refractivity contribution in [1.82, 2.24) is 10.6 Å². The van der Waals surface area contributed by atoms with E-state index in [1.54, 1.807) is 7.11 Å². The second-order valence-electron chi connectivity index (χ2n) is 7.56. The molecule has 5 atom stereocenters. The first kappa shape index (κ1) is 21.6. The number of carbonyl (C=O) groups is 2. The molecule has 1 aliphatic heterocycles. The maximum Gasteiger partial charge on any atom is 0.320 e. The van der Waals surface area contributed by atoms with E-state index in [4.69, 9.17) is 4.74 Å². The minimum absolute atomic E-state index is 0.0201. The molecule has 1 amide bonds. The molecule has 6 nitrogen and oxygen atoms in total. The molecule has 0 aromatic rings. The van der Waals surface area contributed by atoms with Gasteiger partial charge in [-0.25, -0.2) is 0 Å². The van der Waals surface area contributed by atoms with Crippen molar-refractivity contribution in [3.63, 3.8) is 0 Å². The number of ether oxygens (including phenoxy) is 1. The maximum atomic E-state index is 11.8. The Hall–Kier alpha value is -1.40. The lowest BCUT2D eigenvalue weighted by molar-refractivity contribution is -0.139. The van der Waals surface area contributed by atoms with Crippen molar-refractivity contribution in [1.29, 1.82) is 0 Å². The molecule has 3 N–H and O–H groups in total. The number of methoxy groups -OCH3 is 1. The maximum absolute atomic E-state index is 11.8. The highest BCUT2D eigenvalue weighted by atomic mass is 16.5. The fourth-order valence-corrected chi connectivity index (χ4v) is 3.64. The molecule has 1 fully saturated rings. The van der Waals surface area contributed by atoms with Crippen molar-refractivity contribution in [2.45, 2.75) is 77.6 Å². The van der Waals surface area contributed by atoms with E-state index < -0.39 is 17.6 Å². The zero-order chi connectivity index (χ0) is 19.2. The van der Waals surface area contributed by atoms with Crippen molar-refractivity contribution in [2.24, 2.45) is 11.8 Å². The fraction of sp³-hybridized carbons (Fsp3) is 0.789. The van der Waals surface area contributed by atoms with Crippen molar-refractivity contribution in [3.05, 3.63) is 12.2 Å². The van der Waals surface area contributed by atoms with E-state index in [0.29, 0.717) is 12.3 Å². The summed E-state index contributed by atoms with van der Waals surface area (Å²) >= 11 is 0. The zero-order valence-electron chi connectivity index (χ0n) is 16.3. The molecule has 0 spiro atoms. The van der Waals surface area contributed by atoms with E-state index in [1.165, 1.54) is 6.92 Å². The summed E-state index contributed by atoms with van der Waals surface area (Å²) in [6, 6.07) is -1.14. The van der Waals surface area contributed by atoms with Gasteiger partial charge in [-0.05, 0) is 31.6 Å². The van der Waals surface area contributed by atoms with Gasteiger partial charge in [0.05, 0.1) is 11.6 Å². The quantitative estimate of drug-likeness (QED) is 0.553. The average Bonchev–Trinajstić information content (AvgIpc) is 2.94. The molecule has 0 aliphatic carbocycles. The SMILES string of the molecule is CCC[C@](C)(OC)[C@H](NC(C)=O)[C@@H]1N[C@@H](C(=O)O)C[C@H]1/C=C\C(C)C. The van der Waals surface area contributed by atoms with E-state index in [9.17, 15) is 14.7 Å². The van der Waals surface area contributed by atoms with E-state index in [0.717, 1.165) is 12.8 Å². The van der Waals surface area contributed by atoms with E-state index in [2.05, 4.69) is 43.6 Å². The van der Waals surface area contributed by atoms with Crippen molar-refractivity contribution >= 4 is 11.9 Å². The number of nitrogens with one attached hydrogen (secondary N) is 2. The fourth-order valence-electron chi connectivity index (χ4n) is 3.64. The third-order valence-corrected chi connectivity index (χ3v) is 4.99. The molecule has 6 heteroatoms. The summed E-state index contributed by atoms with van der Waals surface area (Å²) in [6.45, 7) is 9.71. The molecule has 1 aliphatic rings. The summed E-state index contributed by atoms with van der Waals surface area (Å²) in [5, 5.41) is 15.7. The molecule has 25 heavy (non-hydrogen) atoms. The van der Waals surface area contributed by atoms with Gasteiger partial charge in [-0.1, -0.05) is 39.3 Å². The van der Waals surface area contributed by atoms with E-state index in [-0.39, 0.29) is 23.9 Å². The largest absolute Gasteiger partial charge is 0.480 e. The molecule has 0 saturated carbocycles. The Labute approximate surface area is 151 Å². The standard InChI is InChI=1S/C19H34N2O4/c1-7-10-19(5,25-6)17(20-13(4)22)16-14(9-8-12(2)3)11-15(21-16)18(23)24/h8-9,12,14-17,21H,7,10-11H2,1-6H3,(H,20,22)(H,23,24)/b9-8-/t14-,15-,16-,17-,19+/m1/s1. The van der Waals surface area contributed by atoms with Gasteiger partial charge < -0.3 is 15.2 Å². The Kier molecular flexibility index (Phi) is 8.09. The highest BCUT2D eigenvalue weighted by molar-refractivity contribution is 5.75. The minimum Gasteiger partial charge on any atom is -0.480 e. The van der Waals surface area contributed by atoms with Gasteiger partial charge in [-0.2, -0.15) is 0 Å². The first-order valence-corrected chi connectivity index (χ1v) is 9.14. The molecule has 144 valence electrons. The van der Waals surface area contributed by atoms with Gasteiger partial charge in [0.1, 0.15) is 6.04 Å².